The van der Waals surface area contributed by atoms with E-state index in [1.807, 2.05) is 0 Å². The van der Waals surface area contributed by atoms with Crippen molar-refractivity contribution >= 4 is 45.7 Å². The predicted molar refractivity (Wildman–Crippen MR) is 91.1 cm³/mol. The average molecular weight is 348 g/mol. The molecule has 0 radical (unpaired) electrons. The standard InChI is InChI=1S/C16H11Cl2N3O2/c17-10-5-6-12(18)13(7-10)20-16(23)9-21-14-4-2-1-3-11(14)15(22)8-19-21/h1-8H,9H2,(H,20,23). The van der Waals surface area contributed by atoms with Gasteiger partial charge in [-0.15, -0.1) is 0 Å². The molecule has 0 saturated carbocycles. The van der Waals surface area contributed by atoms with E-state index in [9.17, 15) is 9.59 Å². The molecule has 3 rings (SSSR count). The van der Waals surface area contributed by atoms with Gasteiger partial charge in [0.25, 0.3) is 0 Å². The Hall–Kier alpha value is -2.37. The normalized spacial score (nSPS) is 10.7. The third-order valence-electron chi connectivity index (χ3n) is 3.26. The van der Waals surface area contributed by atoms with Crippen molar-refractivity contribution in [2.24, 2.45) is 0 Å². The topological polar surface area (TPSA) is 64.0 Å². The van der Waals surface area contributed by atoms with Gasteiger partial charge in [0.2, 0.25) is 11.3 Å². The molecule has 0 aliphatic carbocycles. The van der Waals surface area contributed by atoms with E-state index in [2.05, 4.69) is 10.4 Å². The lowest BCUT2D eigenvalue weighted by atomic mass is 10.2. The number of nitrogens with zero attached hydrogens (tertiary/aromatic N) is 2. The van der Waals surface area contributed by atoms with E-state index in [0.717, 1.165) is 0 Å². The van der Waals surface area contributed by atoms with Crippen molar-refractivity contribution in [3.8, 4) is 0 Å². The van der Waals surface area contributed by atoms with Gasteiger partial charge in [0.15, 0.2) is 0 Å². The number of hydrogen-bond acceptors (Lipinski definition) is 3. The zero-order chi connectivity index (χ0) is 16.4. The number of para-hydroxylation sites is 1. The Labute approximate surface area is 141 Å². The Balaban J connectivity index is 1.88. The van der Waals surface area contributed by atoms with Crippen LogP contribution in [0.1, 0.15) is 0 Å². The SMILES string of the molecule is O=C(Cn1ncc(=O)c2ccccc21)Nc1cc(Cl)ccc1Cl. The van der Waals surface area contributed by atoms with Crippen LogP contribution in [0.25, 0.3) is 10.9 Å². The number of benzene rings is 2. The molecule has 7 heteroatoms. The van der Waals surface area contributed by atoms with Gasteiger partial charge < -0.3 is 5.32 Å². The van der Waals surface area contributed by atoms with Crippen LogP contribution in [0.15, 0.2) is 53.5 Å². The van der Waals surface area contributed by atoms with Gasteiger partial charge >= 0.3 is 0 Å². The van der Waals surface area contributed by atoms with Crippen molar-refractivity contribution in [1.29, 1.82) is 0 Å². The molecule has 1 heterocycles. The third kappa shape index (κ3) is 3.36. The molecule has 0 atom stereocenters. The molecule has 1 amide bonds. The van der Waals surface area contributed by atoms with Gasteiger partial charge in [-0.3, -0.25) is 14.3 Å². The first-order chi connectivity index (χ1) is 11.0. The van der Waals surface area contributed by atoms with Crippen LogP contribution in [0.4, 0.5) is 5.69 Å². The first kappa shape index (κ1) is 15.5. The first-order valence-corrected chi connectivity index (χ1v) is 7.50. The van der Waals surface area contributed by atoms with Crippen LogP contribution in [-0.2, 0) is 11.3 Å². The Morgan fingerprint density at radius 3 is 2.78 bits per heavy atom. The van der Waals surface area contributed by atoms with Crippen LogP contribution in [0.5, 0.6) is 0 Å². The van der Waals surface area contributed by atoms with Crippen molar-refractivity contribution in [3.05, 3.63) is 68.9 Å². The third-order valence-corrected chi connectivity index (χ3v) is 3.82. The summed E-state index contributed by atoms with van der Waals surface area (Å²) in [5.74, 6) is -0.324. The Morgan fingerprint density at radius 1 is 1.17 bits per heavy atom. The van der Waals surface area contributed by atoms with E-state index in [-0.39, 0.29) is 17.9 Å². The van der Waals surface area contributed by atoms with Crippen LogP contribution >= 0.6 is 23.2 Å². The maximum Gasteiger partial charge on any atom is 0.246 e. The molecule has 1 N–H and O–H groups in total. The van der Waals surface area contributed by atoms with E-state index < -0.39 is 0 Å². The highest BCUT2D eigenvalue weighted by Gasteiger charge is 2.10. The van der Waals surface area contributed by atoms with E-state index in [1.165, 1.54) is 10.9 Å². The van der Waals surface area contributed by atoms with Gasteiger partial charge in [-0.2, -0.15) is 5.10 Å². The molecule has 1 aromatic heterocycles. The molecule has 0 bridgehead atoms. The van der Waals surface area contributed by atoms with Gasteiger partial charge in [-0.05, 0) is 30.3 Å². The van der Waals surface area contributed by atoms with Crippen LogP contribution in [0.3, 0.4) is 0 Å². The van der Waals surface area contributed by atoms with Crippen molar-refractivity contribution in [1.82, 2.24) is 9.78 Å². The fourth-order valence-corrected chi connectivity index (χ4v) is 2.54. The molecule has 0 unspecified atom stereocenters. The number of carbonyl (C=O) groups excluding carboxylic acids is 1. The van der Waals surface area contributed by atoms with Gasteiger partial charge in [-0.1, -0.05) is 35.3 Å². The number of aromatic nitrogens is 2. The minimum Gasteiger partial charge on any atom is -0.323 e. The maximum absolute atomic E-state index is 12.2. The maximum atomic E-state index is 12.2. The Kier molecular flexibility index (Phi) is 4.32. The fraction of sp³-hybridized carbons (Fsp3) is 0.0625. The zero-order valence-electron chi connectivity index (χ0n) is 11.8. The number of carbonyl (C=O) groups is 1. The van der Waals surface area contributed by atoms with E-state index in [1.54, 1.807) is 42.5 Å². The summed E-state index contributed by atoms with van der Waals surface area (Å²) in [7, 11) is 0. The van der Waals surface area contributed by atoms with E-state index in [0.29, 0.717) is 26.6 Å². The molecular formula is C16H11Cl2N3O2. The molecule has 0 spiro atoms. The molecule has 0 saturated heterocycles. The Bertz CT molecular complexity index is 953. The van der Waals surface area contributed by atoms with Crippen LogP contribution < -0.4 is 10.7 Å². The number of halogens is 2. The lowest BCUT2D eigenvalue weighted by Gasteiger charge is -2.11. The molecule has 23 heavy (non-hydrogen) atoms. The Morgan fingerprint density at radius 2 is 1.96 bits per heavy atom. The molecule has 0 aliphatic rings. The van der Waals surface area contributed by atoms with Crippen LogP contribution in [0, 0.1) is 0 Å². The molecule has 3 aromatic rings. The second kappa shape index (κ2) is 6.40. The van der Waals surface area contributed by atoms with Gasteiger partial charge in [0.1, 0.15) is 6.54 Å². The van der Waals surface area contributed by atoms with Gasteiger partial charge in [0, 0.05) is 10.4 Å². The number of hydrogen-bond donors (Lipinski definition) is 1. The highest BCUT2D eigenvalue weighted by molar-refractivity contribution is 6.35. The van der Waals surface area contributed by atoms with Crippen molar-refractivity contribution < 1.29 is 4.79 Å². The molecule has 2 aromatic carbocycles. The van der Waals surface area contributed by atoms with Crippen molar-refractivity contribution in [2.75, 3.05) is 5.32 Å². The summed E-state index contributed by atoms with van der Waals surface area (Å²) in [5, 5.41) is 8.07. The summed E-state index contributed by atoms with van der Waals surface area (Å²) >= 11 is 11.9. The van der Waals surface area contributed by atoms with Crippen LogP contribution in [-0.4, -0.2) is 15.7 Å². The number of rotatable bonds is 3. The summed E-state index contributed by atoms with van der Waals surface area (Å²) in [6.45, 7) is -0.0519. The highest BCUT2D eigenvalue weighted by Crippen LogP contribution is 2.25. The molecule has 0 fully saturated rings. The summed E-state index contributed by atoms with van der Waals surface area (Å²) < 4.78 is 1.46. The molecular weight excluding hydrogens is 337 g/mol. The van der Waals surface area contributed by atoms with Crippen LogP contribution in [0.2, 0.25) is 10.0 Å². The van der Waals surface area contributed by atoms with Gasteiger partial charge in [0.05, 0.1) is 22.4 Å². The predicted octanol–water partition coefficient (Wildman–Crippen LogP) is 3.34. The van der Waals surface area contributed by atoms with Crippen molar-refractivity contribution in [3.63, 3.8) is 0 Å². The lowest BCUT2D eigenvalue weighted by Crippen LogP contribution is -2.22. The smallest absolute Gasteiger partial charge is 0.246 e. The molecule has 0 aliphatic heterocycles. The fourth-order valence-electron chi connectivity index (χ4n) is 2.21. The van der Waals surface area contributed by atoms with Crippen molar-refractivity contribution in [2.45, 2.75) is 6.54 Å². The lowest BCUT2D eigenvalue weighted by molar-refractivity contribution is -0.116. The number of nitrogens with one attached hydrogen (secondary N) is 1. The molecule has 116 valence electrons. The quantitative estimate of drug-likeness (QED) is 0.790. The summed E-state index contributed by atoms with van der Waals surface area (Å²) in [6.07, 6.45) is 1.20. The summed E-state index contributed by atoms with van der Waals surface area (Å²) in [6, 6.07) is 11.8. The van der Waals surface area contributed by atoms with E-state index >= 15 is 0 Å². The highest BCUT2D eigenvalue weighted by atomic mass is 35.5. The largest absolute Gasteiger partial charge is 0.323 e. The second-order valence-corrected chi connectivity index (χ2v) is 5.70. The summed E-state index contributed by atoms with van der Waals surface area (Å²) in [4.78, 5) is 24.0. The summed E-state index contributed by atoms with van der Waals surface area (Å²) in [5.41, 5.74) is 0.831. The van der Waals surface area contributed by atoms with E-state index in [4.69, 9.17) is 23.2 Å². The number of fused-ring (bicyclic) bond motifs is 1. The molecule has 5 nitrogen and oxygen atoms in total. The van der Waals surface area contributed by atoms with Gasteiger partial charge in [-0.25, -0.2) is 0 Å². The number of amides is 1. The second-order valence-electron chi connectivity index (χ2n) is 4.86. The monoisotopic (exact) mass is 347 g/mol. The number of anilines is 1. The zero-order valence-corrected chi connectivity index (χ0v) is 13.3. The minimum atomic E-state index is -0.324. The first-order valence-electron chi connectivity index (χ1n) is 6.74. The average Bonchev–Trinajstić information content (AvgIpc) is 2.54. The minimum absolute atomic E-state index is 0.0519.